The number of unbranched alkanes of at least 4 members (excludes halogenated alkanes) is 1. The molecule has 0 bridgehead atoms. The molecule has 0 saturated heterocycles. The maximum atomic E-state index is 2.54. The van der Waals surface area contributed by atoms with Gasteiger partial charge >= 0.3 is 0 Å². The van der Waals surface area contributed by atoms with E-state index in [1.807, 2.05) is 0 Å². The minimum absolute atomic E-state index is 0.576. The molecule has 0 unspecified atom stereocenters. The minimum Gasteiger partial charge on any atom is -0.0625 e. The van der Waals surface area contributed by atoms with Gasteiger partial charge in [-0.25, -0.2) is 0 Å². The Labute approximate surface area is 255 Å². The summed E-state index contributed by atoms with van der Waals surface area (Å²) in [6.45, 7) is 25.3. The molecule has 238 valence electrons. The van der Waals surface area contributed by atoms with Crippen molar-refractivity contribution in [1.29, 1.82) is 0 Å². The molecular weight excluding hydrogens is 480 g/mol. The third kappa shape index (κ3) is 13.1. The number of hydrogen-bond acceptors (Lipinski definition) is 0. The van der Waals surface area contributed by atoms with Gasteiger partial charge in [0, 0.05) is 0 Å². The van der Waals surface area contributed by atoms with Crippen molar-refractivity contribution in [2.45, 2.75) is 198 Å². The van der Waals surface area contributed by atoms with Crippen molar-refractivity contribution in [3.63, 3.8) is 0 Å². The van der Waals surface area contributed by atoms with E-state index in [4.69, 9.17) is 0 Å². The molecule has 0 amide bonds. The van der Waals surface area contributed by atoms with Crippen LogP contribution < -0.4 is 0 Å². The predicted octanol–water partition coefficient (Wildman–Crippen LogP) is 13.9. The largest absolute Gasteiger partial charge is 0.0625 e. The van der Waals surface area contributed by atoms with Gasteiger partial charge in [-0.2, -0.15) is 0 Å². The molecule has 0 aromatic rings. The summed E-state index contributed by atoms with van der Waals surface area (Å²) in [6, 6.07) is 0. The van der Waals surface area contributed by atoms with Crippen molar-refractivity contribution in [1.82, 2.24) is 0 Å². The second kappa shape index (κ2) is 18.0. The van der Waals surface area contributed by atoms with Crippen LogP contribution in [0.1, 0.15) is 198 Å². The topological polar surface area (TPSA) is 0 Å². The van der Waals surface area contributed by atoms with Gasteiger partial charge in [-0.3, -0.25) is 0 Å². The van der Waals surface area contributed by atoms with Crippen LogP contribution in [0.4, 0.5) is 0 Å². The summed E-state index contributed by atoms with van der Waals surface area (Å²) in [5.41, 5.74) is 1.15. The second-order valence-corrected chi connectivity index (χ2v) is 17.7. The quantitative estimate of drug-likeness (QED) is 0.138. The zero-order valence-electron chi connectivity index (χ0n) is 29.8. The molecule has 0 aromatic heterocycles. The zero-order chi connectivity index (χ0) is 29.8. The van der Waals surface area contributed by atoms with Crippen molar-refractivity contribution in [2.75, 3.05) is 0 Å². The summed E-state index contributed by atoms with van der Waals surface area (Å²) in [5, 5.41) is 0. The summed E-state index contributed by atoms with van der Waals surface area (Å²) >= 11 is 0. The van der Waals surface area contributed by atoms with E-state index in [1.165, 1.54) is 128 Å². The summed E-state index contributed by atoms with van der Waals surface area (Å²) in [6.07, 6.45) is 29.2. The molecule has 0 nitrogen and oxygen atoms in total. The molecule has 0 heteroatoms. The van der Waals surface area contributed by atoms with Crippen LogP contribution in [0.3, 0.4) is 0 Å². The van der Waals surface area contributed by atoms with Gasteiger partial charge in [0.05, 0.1) is 0 Å². The Morgan fingerprint density at radius 1 is 0.475 bits per heavy atom. The summed E-state index contributed by atoms with van der Waals surface area (Å²) < 4.78 is 0. The fourth-order valence-electron chi connectivity index (χ4n) is 9.54. The molecule has 2 fully saturated rings. The maximum absolute atomic E-state index is 2.54. The third-order valence-corrected chi connectivity index (χ3v) is 12.7. The van der Waals surface area contributed by atoms with E-state index in [1.54, 1.807) is 0 Å². The van der Waals surface area contributed by atoms with Crippen molar-refractivity contribution in [2.24, 2.45) is 58.2 Å². The molecule has 40 heavy (non-hydrogen) atoms. The molecule has 0 N–H and O–H groups in total. The van der Waals surface area contributed by atoms with E-state index < -0.39 is 0 Å². The predicted molar refractivity (Wildman–Crippen MR) is 182 cm³/mol. The van der Waals surface area contributed by atoms with Crippen LogP contribution in [0.15, 0.2) is 0 Å². The highest BCUT2D eigenvalue weighted by Gasteiger charge is 2.37. The Morgan fingerprint density at radius 2 is 0.775 bits per heavy atom. The molecule has 0 heterocycles. The molecule has 0 aromatic carbocycles. The van der Waals surface area contributed by atoms with Gasteiger partial charge in [-0.05, 0) is 83.9 Å². The van der Waals surface area contributed by atoms with E-state index in [2.05, 4.69) is 69.2 Å². The fourth-order valence-corrected chi connectivity index (χ4v) is 9.54. The normalized spacial score (nSPS) is 29.6. The SMILES string of the molecule is C[C@H](CCCC[C@H](C)CCC[C@H](C)CC[C@@H]1[C@H](C)CCCC1(C)C)CCC[C@@H](C)CC[C@@H]1[C@H](C)CCCC1(C)C. The molecule has 0 radical (unpaired) electrons. The fraction of sp³-hybridized carbons (Fsp3) is 1.00. The highest BCUT2D eigenvalue weighted by atomic mass is 14.4. The minimum atomic E-state index is 0.576. The Bertz CT molecular complexity index is 586. The van der Waals surface area contributed by atoms with Crippen LogP contribution in [0.25, 0.3) is 0 Å². The molecule has 0 aliphatic heterocycles. The van der Waals surface area contributed by atoms with Gasteiger partial charge in [0.2, 0.25) is 0 Å². The molecule has 2 aliphatic carbocycles. The van der Waals surface area contributed by atoms with Gasteiger partial charge in [0.15, 0.2) is 0 Å². The van der Waals surface area contributed by atoms with Gasteiger partial charge in [0.1, 0.15) is 0 Å². The van der Waals surface area contributed by atoms with E-state index in [-0.39, 0.29) is 0 Å². The lowest BCUT2D eigenvalue weighted by Crippen LogP contribution is -2.33. The van der Waals surface area contributed by atoms with Crippen molar-refractivity contribution >= 4 is 0 Å². The van der Waals surface area contributed by atoms with Crippen LogP contribution in [-0.2, 0) is 0 Å². The number of hydrogen-bond donors (Lipinski definition) is 0. The monoisotopic (exact) mass is 559 g/mol. The Morgan fingerprint density at radius 3 is 1.10 bits per heavy atom. The molecular formula is C40H78. The Kier molecular flexibility index (Phi) is 16.2. The van der Waals surface area contributed by atoms with Crippen molar-refractivity contribution in [3.05, 3.63) is 0 Å². The van der Waals surface area contributed by atoms with Gasteiger partial charge < -0.3 is 0 Å². The Balaban J connectivity index is 1.46. The lowest BCUT2D eigenvalue weighted by molar-refractivity contribution is 0.0705. The first-order valence-electron chi connectivity index (χ1n) is 18.8. The first kappa shape index (κ1) is 36.2. The zero-order valence-corrected chi connectivity index (χ0v) is 29.8. The number of rotatable bonds is 19. The van der Waals surface area contributed by atoms with E-state index in [0.717, 1.165) is 47.3 Å². The van der Waals surface area contributed by atoms with E-state index in [9.17, 15) is 0 Å². The standard InChI is InChI=1S/C40H78/c1-31(19-13-21-33(3)25-27-37-35(5)23-15-29-39(37,7)8)17-11-12-18-32(2)20-14-22-34(4)26-28-38-36(6)24-16-30-40(38,9)10/h31-38H,11-30H2,1-10H3/t31-,32+,33-,34+,35-,36-,37-,38-/m1/s1. The summed E-state index contributed by atoms with van der Waals surface area (Å²) in [4.78, 5) is 0. The molecule has 2 aliphatic rings. The molecule has 2 saturated carbocycles. The molecule has 8 atom stereocenters. The van der Waals surface area contributed by atoms with Gasteiger partial charge in [-0.1, -0.05) is 172 Å². The van der Waals surface area contributed by atoms with Crippen LogP contribution in [0.5, 0.6) is 0 Å². The lowest BCUT2D eigenvalue weighted by Gasteiger charge is -2.43. The van der Waals surface area contributed by atoms with E-state index >= 15 is 0 Å². The highest BCUT2D eigenvalue weighted by molar-refractivity contribution is 4.87. The van der Waals surface area contributed by atoms with Gasteiger partial charge in [-0.15, -0.1) is 0 Å². The molecule has 2 rings (SSSR count). The van der Waals surface area contributed by atoms with Crippen molar-refractivity contribution in [3.8, 4) is 0 Å². The lowest BCUT2D eigenvalue weighted by atomic mass is 9.62. The second-order valence-electron chi connectivity index (χ2n) is 17.7. The van der Waals surface area contributed by atoms with Crippen LogP contribution in [0.2, 0.25) is 0 Å². The first-order valence-corrected chi connectivity index (χ1v) is 18.8. The van der Waals surface area contributed by atoms with Crippen LogP contribution in [0, 0.1) is 58.2 Å². The Hall–Kier alpha value is 0. The molecule has 0 spiro atoms. The van der Waals surface area contributed by atoms with Crippen LogP contribution >= 0.6 is 0 Å². The summed E-state index contributed by atoms with van der Waals surface area (Å²) in [5.74, 6) is 7.49. The maximum Gasteiger partial charge on any atom is -0.0323 e. The van der Waals surface area contributed by atoms with Crippen molar-refractivity contribution < 1.29 is 0 Å². The third-order valence-electron chi connectivity index (χ3n) is 12.7. The summed E-state index contributed by atoms with van der Waals surface area (Å²) in [7, 11) is 0. The van der Waals surface area contributed by atoms with Gasteiger partial charge in [0.25, 0.3) is 0 Å². The first-order chi connectivity index (χ1) is 18.8. The highest BCUT2D eigenvalue weighted by Crippen LogP contribution is 2.47. The van der Waals surface area contributed by atoms with Crippen LogP contribution in [-0.4, -0.2) is 0 Å². The van der Waals surface area contributed by atoms with E-state index in [0.29, 0.717) is 10.8 Å². The smallest absolute Gasteiger partial charge is 0.0323 e. The average Bonchev–Trinajstić information content (AvgIpc) is 2.85. The average molecular weight is 559 g/mol.